The van der Waals surface area contributed by atoms with Gasteiger partial charge in [-0.25, -0.2) is 0 Å². The Morgan fingerprint density at radius 2 is 1.58 bits per heavy atom. The summed E-state index contributed by atoms with van der Waals surface area (Å²) in [6.45, 7) is 10.7. The van der Waals surface area contributed by atoms with Gasteiger partial charge in [0.2, 0.25) is 0 Å². The summed E-state index contributed by atoms with van der Waals surface area (Å²) in [4.78, 5) is 0. The van der Waals surface area contributed by atoms with Gasteiger partial charge in [-0.15, -0.1) is 0 Å². The molecule has 2 heteroatoms. The van der Waals surface area contributed by atoms with Crippen LogP contribution >= 0.6 is 0 Å². The Kier molecular flexibility index (Phi) is 5.43. The second-order valence-corrected chi connectivity index (χ2v) is 3.81. The van der Waals surface area contributed by atoms with E-state index in [2.05, 4.69) is 39.7 Å². The van der Waals surface area contributed by atoms with Crippen LogP contribution in [0.4, 0.5) is 0 Å². The average Bonchev–Trinajstić information content (AvgIpc) is 2.34. The van der Waals surface area contributed by atoms with Gasteiger partial charge in [-0.05, 0) is 25.8 Å². The molecule has 1 rings (SSSR count). The fourth-order valence-electron chi connectivity index (χ4n) is 0.586. The van der Waals surface area contributed by atoms with Crippen molar-refractivity contribution in [2.45, 2.75) is 40.7 Å². The van der Waals surface area contributed by atoms with E-state index < -0.39 is 0 Å². The monoisotopic (exact) mass is 168 g/mol. The van der Waals surface area contributed by atoms with Gasteiger partial charge < -0.3 is 0 Å². The first-order chi connectivity index (χ1) is 5.54. The topological polar surface area (TPSA) is 17.8 Å². The van der Waals surface area contributed by atoms with Crippen LogP contribution in [0, 0.1) is 5.92 Å². The highest BCUT2D eigenvalue weighted by Crippen LogP contribution is 1.98. The van der Waals surface area contributed by atoms with Crippen LogP contribution in [-0.2, 0) is 0 Å². The Labute approximate surface area is 75.6 Å². The lowest BCUT2D eigenvalue weighted by molar-refractivity contribution is 0.532. The molecule has 0 atom stereocenters. The summed E-state index contributed by atoms with van der Waals surface area (Å²) < 4.78 is 1.92. The number of nitrogens with zero attached hydrogens (tertiary/aromatic N) is 2. The second kappa shape index (κ2) is 5.81. The first-order valence-corrected chi connectivity index (χ1v) is 4.53. The lowest BCUT2D eigenvalue weighted by Crippen LogP contribution is -1.99. The summed E-state index contributed by atoms with van der Waals surface area (Å²) >= 11 is 0. The molecule has 0 unspecified atom stereocenters. The van der Waals surface area contributed by atoms with Crippen LogP contribution < -0.4 is 0 Å². The fourth-order valence-corrected chi connectivity index (χ4v) is 0.586. The first-order valence-electron chi connectivity index (χ1n) is 4.53. The first kappa shape index (κ1) is 11.2. The van der Waals surface area contributed by atoms with Crippen molar-refractivity contribution in [1.82, 2.24) is 9.78 Å². The lowest BCUT2D eigenvalue weighted by Gasteiger charge is -2.01. The molecule has 0 aliphatic carbocycles. The molecular formula is C10H20N2. The van der Waals surface area contributed by atoms with Crippen LogP contribution in [0.5, 0.6) is 0 Å². The SMILES string of the molecule is CC(C)C.CC(C)n1cccn1. The van der Waals surface area contributed by atoms with Gasteiger partial charge in [-0.1, -0.05) is 20.8 Å². The quantitative estimate of drug-likeness (QED) is 0.630. The van der Waals surface area contributed by atoms with E-state index in [1.165, 1.54) is 0 Å². The van der Waals surface area contributed by atoms with Crippen molar-refractivity contribution in [3.63, 3.8) is 0 Å². The van der Waals surface area contributed by atoms with Crippen molar-refractivity contribution in [2.75, 3.05) is 0 Å². The molecule has 1 heterocycles. The van der Waals surface area contributed by atoms with Crippen LogP contribution in [0.15, 0.2) is 18.5 Å². The minimum atomic E-state index is 0.491. The standard InChI is InChI=1S/C6H10N2.C4H10/c1-6(2)8-5-3-4-7-8;1-4(2)3/h3-6H,1-2H3;4H,1-3H3. The third-order valence-corrected chi connectivity index (χ3v) is 1.05. The molecule has 0 saturated carbocycles. The van der Waals surface area contributed by atoms with Crippen molar-refractivity contribution in [3.05, 3.63) is 18.5 Å². The van der Waals surface area contributed by atoms with E-state index in [0.717, 1.165) is 5.92 Å². The number of hydrogen-bond acceptors (Lipinski definition) is 1. The maximum absolute atomic E-state index is 4.03. The maximum atomic E-state index is 4.03. The van der Waals surface area contributed by atoms with Crippen LogP contribution in [0.2, 0.25) is 0 Å². The summed E-state index contributed by atoms with van der Waals surface area (Å²) in [5.74, 6) is 0.833. The Bertz CT molecular complexity index is 173. The van der Waals surface area contributed by atoms with E-state index in [0.29, 0.717) is 6.04 Å². The summed E-state index contributed by atoms with van der Waals surface area (Å²) in [6.07, 6.45) is 3.75. The van der Waals surface area contributed by atoms with E-state index in [-0.39, 0.29) is 0 Å². The third kappa shape index (κ3) is 5.96. The molecular weight excluding hydrogens is 148 g/mol. The van der Waals surface area contributed by atoms with Gasteiger partial charge in [-0.2, -0.15) is 5.10 Å². The van der Waals surface area contributed by atoms with Gasteiger partial charge in [0.15, 0.2) is 0 Å². The predicted octanol–water partition coefficient (Wildman–Crippen LogP) is 3.13. The van der Waals surface area contributed by atoms with E-state index in [4.69, 9.17) is 0 Å². The van der Waals surface area contributed by atoms with Gasteiger partial charge >= 0.3 is 0 Å². The maximum Gasteiger partial charge on any atom is 0.0489 e. The smallest absolute Gasteiger partial charge is 0.0489 e. The molecule has 0 bridgehead atoms. The summed E-state index contributed by atoms with van der Waals surface area (Å²) in [5.41, 5.74) is 0. The zero-order valence-corrected chi connectivity index (χ0v) is 8.78. The summed E-state index contributed by atoms with van der Waals surface area (Å²) in [7, 11) is 0. The number of rotatable bonds is 1. The van der Waals surface area contributed by atoms with Crippen molar-refractivity contribution < 1.29 is 0 Å². The Morgan fingerprint density at radius 1 is 1.08 bits per heavy atom. The van der Waals surface area contributed by atoms with Crippen molar-refractivity contribution in [2.24, 2.45) is 5.92 Å². The molecule has 0 aliphatic rings. The third-order valence-electron chi connectivity index (χ3n) is 1.05. The zero-order chi connectivity index (χ0) is 9.56. The molecule has 1 aromatic heterocycles. The number of aromatic nitrogens is 2. The normalized spacial score (nSPS) is 9.92. The Balaban J connectivity index is 0.000000261. The predicted molar refractivity (Wildman–Crippen MR) is 53.1 cm³/mol. The van der Waals surface area contributed by atoms with Gasteiger partial charge in [0.1, 0.15) is 0 Å². The molecule has 0 radical (unpaired) electrons. The molecule has 0 aliphatic heterocycles. The molecule has 0 amide bonds. The zero-order valence-electron chi connectivity index (χ0n) is 8.78. The highest BCUT2D eigenvalue weighted by atomic mass is 15.3. The molecule has 0 aromatic carbocycles. The lowest BCUT2D eigenvalue weighted by atomic mass is 10.3. The van der Waals surface area contributed by atoms with Crippen LogP contribution in [0.3, 0.4) is 0 Å². The van der Waals surface area contributed by atoms with E-state index in [9.17, 15) is 0 Å². The molecule has 0 fully saturated rings. The van der Waals surface area contributed by atoms with Crippen LogP contribution in [0.1, 0.15) is 40.7 Å². The van der Waals surface area contributed by atoms with Gasteiger partial charge in [-0.3, -0.25) is 4.68 Å². The minimum absolute atomic E-state index is 0.491. The largest absolute Gasteiger partial charge is 0.270 e. The van der Waals surface area contributed by atoms with Gasteiger partial charge in [0.25, 0.3) is 0 Å². The van der Waals surface area contributed by atoms with E-state index in [1.807, 2.05) is 16.9 Å². The van der Waals surface area contributed by atoms with E-state index in [1.54, 1.807) is 6.20 Å². The molecule has 1 aromatic rings. The summed E-state index contributed by atoms with van der Waals surface area (Å²) in [5, 5.41) is 4.03. The molecule has 0 spiro atoms. The van der Waals surface area contributed by atoms with Crippen molar-refractivity contribution in [1.29, 1.82) is 0 Å². The molecule has 70 valence electrons. The molecule has 0 saturated heterocycles. The van der Waals surface area contributed by atoms with Crippen LogP contribution in [0.25, 0.3) is 0 Å². The van der Waals surface area contributed by atoms with Gasteiger partial charge in [0, 0.05) is 18.4 Å². The number of hydrogen-bond donors (Lipinski definition) is 0. The molecule has 12 heavy (non-hydrogen) atoms. The fraction of sp³-hybridized carbons (Fsp3) is 0.700. The Hall–Kier alpha value is -0.790. The van der Waals surface area contributed by atoms with Crippen LogP contribution in [-0.4, -0.2) is 9.78 Å². The highest BCUT2D eigenvalue weighted by molar-refractivity contribution is 4.79. The summed E-state index contributed by atoms with van der Waals surface area (Å²) in [6, 6.07) is 2.42. The van der Waals surface area contributed by atoms with E-state index >= 15 is 0 Å². The van der Waals surface area contributed by atoms with Crippen molar-refractivity contribution in [3.8, 4) is 0 Å². The minimum Gasteiger partial charge on any atom is -0.270 e. The molecule has 2 nitrogen and oxygen atoms in total. The highest BCUT2D eigenvalue weighted by Gasteiger charge is 1.91. The second-order valence-electron chi connectivity index (χ2n) is 3.81. The van der Waals surface area contributed by atoms with Gasteiger partial charge in [0.05, 0.1) is 0 Å². The average molecular weight is 168 g/mol. The van der Waals surface area contributed by atoms with Crippen molar-refractivity contribution >= 4 is 0 Å². The molecule has 0 N–H and O–H groups in total. The Morgan fingerprint density at radius 3 is 1.75 bits per heavy atom.